The van der Waals surface area contributed by atoms with Crippen molar-refractivity contribution in [1.82, 2.24) is 0 Å². The lowest BCUT2D eigenvalue weighted by Crippen LogP contribution is -2.25. The lowest BCUT2D eigenvalue weighted by atomic mass is 10.2. The fraction of sp³-hybridized carbons (Fsp3) is 0.462. The van der Waals surface area contributed by atoms with Gasteiger partial charge in [-0.05, 0) is 25.0 Å². The van der Waals surface area contributed by atoms with Gasteiger partial charge in [-0.2, -0.15) is 0 Å². The Morgan fingerprint density at radius 3 is 3.00 bits per heavy atom. The molecule has 1 aromatic carbocycles. The van der Waals surface area contributed by atoms with Gasteiger partial charge < -0.3 is 14.7 Å². The van der Waals surface area contributed by atoms with Gasteiger partial charge in [0.15, 0.2) is 0 Å². The van der Waals surface area contributed by atoms with Crippen molar-refractivity contribution < 1.29 is 14.6 Å². The maximum atomic E-state index is 10.4. The van der Waals surface area contributed by atoms with Gasteiger partial charge in [0.25, 0.3) is 0 Å². The number of ether oxygens (including phenoxy) is 1. The molecule has 0 amide bonds. The van der Waals surface area contributed by atoms with Crippen LogP contribution in [0.25, 0.3) is 0 Å². The second kappa shape index (κ2) is 5.19. The molecule has 1 atom stereocenters. The zero-order valence-corrected chi connectivity index (χ0v) is 9.93. The number of carboxylic acids is 1. The lowest BCUT2D eigenvalue weighted by molar-refractivity contribution is -0.143. The quantitative estimate of drug-likeness (QED) is 0.862. The maximum absolute atomic E-state index is 10.4. The van der Waals surface area contributed by atoms with E-state index in [9.17, 15) is 4.79 Å². The van der Waals surface area contributed by atoms with Crippen molar-refractivity contribution in [2.45, 2.75) is 19.4 Å². The van der Waals surface area contributed by atoms with Crippen molar-refractivity contribution in [2.24, 2.45) is 0 Å². The fourth-order valence-corrected chi connectivity index (χ4v) is 2.19. The van der Waals surface area contributed by atoms with Crippen LogP contribution in [0, 0.1) is 6.92 Å². The molecule has 0 unspecified atom stereocenters. The topological polar surface area (TPSA) is 49.8 Å². The van der Waals surface area contributed by atoms with E-state index < -0.39 is 5.97 Å². The Morgan fingerprint density at radius 2 is 2.29 bits per heavy atom. The molecule has 1 N–H and O–H groups in total. The van der Waals surface area contributed by atoms with E-state index in [0.717, 1.165) is 19.5 Å². The van der Waals surface area contributed by atoms with Crippen molar-refractivity contribution in [3.05, 3.63) is 29.8 Å². The zero-order chi connectivity index (χ0) is 12.3. The first kappa shape index (κ1) is 11.9. The standard InChI is InChI=1S/C13H17NO3/c1-10-4-2-3-5-12(10)14-7-6-11(8-14)17-9-13(15)16/h2-5,11H,6-9H2,1H3,(H,15,16)/t11-/m0/s1. The Labute approximate surface area is 101 Å². The van der Waals surface area contributed by atoms with Crippen molar-refractivity contribution in [3.8, 4) is 0 Å². The van der Waals surface area contributed by atoms with Gasteiger partial charge in [-0.15, -0.1) is 0 Å². The third-order valence-corrected chi connectivity index (χ3v) is 3.04. The first-order chi connectivity index (χ1) is 8.16. The molecule has 4 nitrogen and oxygen atoms in total. The van der Waals surface area contributed by atoms with Crippen LogP contribution in [0.5, 0.6) is 0 Å². The number of hydrogen-bond acceptors (Lipinski definition) is 3. The molecule has 17 heavy (non-hydrogen) atoms. The van der Waals surface area contributed by atoms with E-state index in [1.54, 1.807) is 0 Å². The molecule has 4 heteroatoms. The van der Waals surface area contributed by atoms with Crippen LogP contribution in [-0.4, -0.2) is 36.9 Å². The molecular weight excluding hydrogens is 218 g/mol. The molecule has 2 rings (SSSR count). The molecule has 1 aromatic rings. The minimum atomic E-state index is -0.903. The molecule has 1 heterocycles. The number of anilines is 1. The molecular formula is C13H17NO3. The van der Waals surface area contributed by atoms with Crippen LogP contribution < -0.4 is 4.90 Å². The van der Waals surface area contributed by atoms with Crippen LogP contribution in [0.2, 0.25) is 0 Å². The number of benzene rings is 1. The summed E-state index contributed by atoms with van der Waals surface area (Å²) in [6.07, 6.45) is 0.924. The van der Waals surface area contributed by atoms with Crippen LogP contribution in [-0.2, 0) is 9.53 Å². The van der Waals surface area contributed by atoms with Crippen LogP contribution >= 0.6 is 0 Å². The average Bonchev–Trinajstić information content (AvgIpc) is 2.75. The van der Waals surface area contributed by atoms with Gasteiger partial charge >= 0.3 is 5.97 Å². The predicted molar refractivity (Wildman–Crippen MR) is 65.4 cm³/mol. The van der Waals surface area contributed by atoms with Crippen LogP contribution in [0.15, 0.2) is 24.3 Å². The normalized spacial score (nSPS) is 19.6. The summed E-state index contributed by atoms with van der Waals surface area (Å²) in [5.74, 6) is -0.903. The third-order valence-electron chi connectivity index (χ3n) is 3.04. The highest BCUT2D eigenvalue weighted by Crippen LogP contribution is 2.24. The van der Waals surface area contributed by atoms with Gasteiger partial charge in [0.1, 0.15) is 6.61 Å². The largest absolute Gasteiger partial charge is 0.480 e. The summed E-state index contributed by atoms with van der Waals surface area (Å²) in [6.45, 7) is 3.58. The molecule has 0 radical (unpaired) electrons. The van der Waals surface area contributed by atoms with Gasteiger partial charge in [-0.25, -0.2) is 4.79 Å². The molecule has 0 aliphatic carbocycles. The van der Waals surface area contributed by atoms with Crippen LogP contribution in [0.4, 0.5) is 5.69 Å². The summed E-state index contributed by atoms with van der Waals surface area (Å²) >= 11 is 0. The highest BCUT2D eigenvalue weighted by molar-refractivity contribution is 5.68. The van der Waals surface area contributed by atoms with E-state index >= 15 is 0 Å². The van der Waals surface area contributed by atoms with Gasteiger partial charge in [0.2, 0.25) is 0 Å². The number of nitrogens with zero attached hydrogens (tertiary/aromatic N) is 1. The predicted octanol–water partition coefficient (Wildman–Crippen LogP) is 1.67. The molecule has 0 spiro atoms. The molecule has 1 fully saturated rings. The number of aliphatic carboxylic acids is 1. The maximum Gasteiger partial charge on any atom is 0.329 e. The average molecular weight is 235 g/mol. The highest BCUT2D eigenvalue weighted by atomic mass is 16.5. The number of carboxylic acid groups (broad SMARTS) is 1. The Hall–Kier alpha value is -1.55. The Bertz CT molecular complexity index is 405. The smallest absolute Gasteiger partial charge is 0.329 e. The fourth-order valence-electron chi connectivity index (χ4n) is 2.19. The van der Waals surface area contributed by atoms with Crippen LogP contribution in [0.3, 0.4) is 0 Å². The summed E-state index contributed by atoms with van der Waals surface area (Å²) in [7, 11) is 0. The minimum Gasteiger partial charge on any atom is -0.480 e. The lowest BCUT2D eigenvalue weighted by Gasteiger charge is -2.20. The molecule has 1 aliphatic rings. The summed E-state index contributed by atoms with van der Waals surface area (Å²) in [5, 5.41) is 8.56. The van der Waals surface area contributed by atoms with E-state index in [2.05, 4.69) is 24.0 Å². The van der Waals surface area contributed by atoms with Crippen molar-refractivity contribution >= 4 is 11.7 Å². The summed E-state index contributed by atoms with van der Waals surface area (Å²) in [4.78, 5) is 12.7. The van der Waals surface area contributed by atoms with Gasteiger partial charge in [0.05, 0.1) is 6.10 Å². The molecule has 1 saturated heterocycles. The Kier molecular flexibility index (Phi) is 3.64. The monoisotopic (exact) mass is 235 g/mol. The van der Waals surface area contributed by atoms with Crippen molar-refractivity contribution in [2.75, 3.05) is 24.6 Å². The first-order valence-corrected chi connectivity index (χ1v) is 5.81. The SMILES string of the molecule is Cc1ccccc1N1CC[C@H](OCC(=O)O)C1. The number of para-hydroxylation sites is 1. The van der Waals surface area contributed by atoms with E-state index in [4.69, 9.17) is 9.84 Å². The van der Waals surface area contributed by atoms with Gasteiger partial charge in [-0.3, -0.25) is 0 Å². The number of carbonyl (C=O) groups is 1. The number of hydrogen-bond donors (Lipinski definition) is 1. The van der Waals surface area contributed by atoms with E-state index in [1.807, 2.05) is 12.1 Å². The van der Waals surface area contributed by atoms with Gasteiger partial charge in [-0.1, -0.05) is 18.2 Å². The van der Waals surface area contributed by atoms with Crippen LogP contribution in [0.1, 0.15) is 12.0 Å². The first-order valence-electron chi connectivity index (χ1n) is 5.81. The summed E-state index contributed by atoms with van der Waals surface area (Å²) in [5.41, 5.74) is 2.46. The van der Waals surface area contributed by atoms with Gasteiger partial charge in [0, 0.05) is 18.8 Å². The molecule has 0 bridgehead atoms. The molecule has 0 saturated carbocycles. The molecule has 1 aliphatic heterocycles. The minimum absolute atomic E-state index is 0.0331. The number of rotatable bonds is 4. The number of aryl methyl sites for hydroxylation is 1. The second-order valence-corrected chi connectivity index (χ2v) is 4.35. The summed E-state index contributed by atoms with van der Waals surface area (Å²) < 4.78 is 5.31. The zero-order valence-electron chi connectivity index (χ0n) is 9.93. The van der Waals surface area contributed by atoms with Crippen molar-refractivity contribution in [3.63, 3.8) is 0 Å². The molecule has 0 aromatic heterocycles. The van der Waals surface area contributed by atoms with Crippen molar-refractivity contribution in [1.29, 1.82) is 0 Å². The Morgan fingerprint density at radius 1 is 1.53 bits per heavy atom. The second-order valence-electron chi connectivity index (χ2n) is 4.35. The van der Waals surface area contributed by atoms with E-state index in [0.29, 0.717) is 0 Å². The third kappa shape index (κ3) is 2.97. The molecule has 92 valence electrons. The van der Waals surface area contributed by atoms with E-state index in [-0.39, 0.29) is 12.7 Å². The highest BCUT2D eigenvalue weighted by Gasteiger charge is 2.24. The summed E-state index contributed by atoms with van der Waals surface area (Å²) in [6, 6.07) is 8.22. The Balaban J connectivity index is 1.94. The van der Waals surface area contributed by atoms with E-state index in [1.165, 1.54) is 11.3 Å².